The smallest absolute Gasteiger partial charge is 0.303 e. The van der Waals surface area contributed by atoms with E-state index in [0.29, 0.717) is 12.0 Å². The molecule has 1 heterocycles. The average Bonchev–Trinajstić information content (AvgIpc) is 2.81. The molecule has 1 aromatic heterocycles. The van der Waals surface area contributed by atoms with Gasteiger partial charge in [0.1, 0.15) is 6.29 Å². The Labute approximate surface area is 107 Å². The molecule has 3 nitrogen and oxygen atoms in total. The summed E-state index contributed by atoms with van der Waals surface area (Å²) >= 11 is 0. The number of aryl methyl sites for hydroxylation is 1. The predicted molar refractivity (Wildman–Crippen MR) is 63.0 cm³/mol. The van der Waals surface area contributed by atoms with Crippen LogP contribution in [-0.4, -0.2) is 16.1 Å². The van der Waals surface area contributed by atoms with Crippen molar-refractivity contribution in [2.75, 3.05) is 0 Å². The van der Waals surface area contributed by atoms with Gasteiger partial charge in [-0.15, -0.1) is 0 Å². The summed E-state index contributed by atoms with van der Waals surface area (Å²) in [6.07, 6.45) is -2.67. The molecule has 0 saturated heterocycles. The van der Waals surface area contributed by atoms with Crippen molar-refractivity contribution in [1.82, 2.24) is 9.78 Å². The van der Waals surface area contributed by atoms with Gasteiger partial charge in [-0.05, 0) is 18.6 Å². The molecule has 0 fully saturated rings. The highest BCUT2D eigenvalue weighted by molar-refractivity contribution is 5.50. The fourth-order valence-corrected chi connectivity index (χ4v) is 1.85. The molecule has 6 heteroatoms. The van der Waals surface area contributed by atoms with Crippen LogP contribution in [0.15, 0.2) is 36.5 Å². The molecular formula is C13H11F3N2O. The zero-order chi connectivity index (χ0) is 13.9. The van der Waals surface area contributed by atoms with Crippen LogP contribution in [0.2, 0.25) is 0 Å². The van der Waals surface area contributed by atoms with Gasteiger partial charge in [-0.3, -0.25) is 0 Å². The van der Waals surface area contributed by atoms with Crippen molar-refractivity contribution in [1.29, 1.82) is 0 Å². The molecule has 2 rings (SSSR count). The maximum Gasteiger partial charge on any atom is 0.433 e. The van der Waals surface area contributed by atoms with Gasteiger partial charge < -0.3 is 4.79 Å². The van der Waals surface area contributed by atoms with Gasteiger partial charge in [0.2, 0.25) is 0 Å². The van der Waals surface area contributed by atoms with Crippen molar-refractivity contribution in [3.63, 3.8) is 0 Å². The minimum Gasteiger partial charge on any atom is -0.303 e. The molecule has 1 aromatic carbocycles. The highest BCUT2D eigenvalue weighted by Gasteiger charge is 2.38. The first-order valence-corrected chi connectivity index (χ1v) is 5.67. The molecule has 0 spiro atoms. The molecule has 100 valence electrons. The minimum atomic E-state index is -4.51. The van der Waals surface area contributed by atoms with Crippen LogP contribution in [0.5, 0.6) is 0 Å². The summed E-state index contributed by atoms with van der Waals surface area (Å²) in [6.45, 7) is 0. The highest BCUT2D eigenvalue weighted by atomic mass is 19.4. The Morgan fingerprint density at radius 2 is 1.89 bits per heavy atom. The molecule has 0 unspecified atom stereocenters. The summed E-state index contributed by atoms with van der Waals surface area (Å²) in [4.78, 5) is 10.3. The zero-order valence-electron chi connectivity index (χ0n) is 9.89. The summed E-state index contributed by atoms with van der Waals surface area (Å²) in [5.74, 6) is 0. The van der Waals surface area contributed by atoms with Crippen molar-refractivity contribution in [3.05, 3.63) is 47.8 Å². The Kier molecular flexibility index (Phi) is 3.69. The molecule has 0 aliphatic carbocycles. The van der Waals surface area contributed by atoms with Gasteiger partial charge in [0.15, 0.2) is 5.69 Å². The van der Waals surface area contributed by atoms with Gasteiger partial charge in [-0.2, -0.15) is 18.3 Å². The molecule has 0 saturated carbocycles. The van der Waals surface area contributed by atoms with Crippen molar-refractivity contribution < 1.29 is 18.0 Å². The van der Waals surface area contributed by atoms with Gasteiger partial charge in [0.05, 0.1) is 11.9 Å². The van der Waals surface area contributed by atoms with Crippen LogP contribution in [-0.2, 0) is 17.4 Å². The number of aromatic nitrogens is 2. The van der Waals surface area contributed by atoms with Crippen molar-refractivity contribution in [2.24, 2.45) is 0 Å². The van der Waals surface area contributed by atoms with E-state index in [9.17, 15) is 18.0 Å². The van der Waals surface area contributed by atoms with E-state index in [1.165, 1.54) is 6.20 Å². The topological polar surface area (TPSA) is 34.9 Å². The summed E-state index contributed by atoms with van der Waals surface area (Å²) < 4.78 is 40.2. The fourth-order valence-electron chi connectivity index (χ4n) is 1.85. The standard InChI is InChI=1S/C13H11F3N2O/c14-13(15,16)12-10(5-4-8-19)9-17-18(12)11-6-2-1-3-7-11/h1-3,6-9H,4-5H2. The van der Waals surface area contributed by atoms with Crippen LogP contribution in [0.1, 0.15) is 17.7 Å². The molecule has 0 bridgehead atoms. The van der Waals surface area contributed by atoms with E-state index in [1.54, 1.807) is 30.3 Å². The largest absolute Gasteiger partial charge is 0.433 e. The van der Waals surface area contributed by atoms with Gasteiger partial charge in [-0.25, -0.2) is 4.68 Å². The van der Waals surface area contributed by atoms with Crippen LogP contribution in [0.4, 0.5) is 13.2 Å². The second-order valence-electron chi connectivity index (χ2n) is 3.97. The molecule has 19 heavy (non-hydrogen) atoms. The number of carbonyl (C=O) groups excluding carboxylic acids is 1. The lowest BCUT2D eigenvalue weighted by atomic mass is 10.1. The summed E-state index contributed by atoms with van der Waals surface area (Å²) in [7, 11) is 0. The van der Waals surface area contributed by atoms with E-state index >= 15 is 0 Å². The fraction of sp³-hybridized carbons (Fsp3) is 0.231. The number of rotatable bonds is 4. The van der Waals surface area contributed by atoms with E-state index in [1.807, 2.05) is 0 Å². The van der Waals surface area contributed by atoms with Gasteiger partial charge in [-0.1, -0.05) is 18.2 Å². The number of carbonyl (C=O) groups is 1. The first kappa shape index (κ1) is 13.3. The Balaban J connectivity index is 2.50. The molecule has 0 aliphatic rings. The number of halogens is 3. The highest BCUT2D eigenvalue weighted by Crippen LogP contribution is 2.33. The number of alkyl halides is 3. The number of hydrogen-bond acceptors (Lipinski definition) is 2. The van der Waals surface area contributed by atoms with Gasteiger partial charge >= 0.3 is 6.18 Å². The third-order valence-electron chi connectivity index (χ3n) is 2.65. The van der Waals surface area contributed by atoms with Gasteiger partial charge in [0.25, 0.3) is 0 Å². The van der Waals surface area contributed by atoms with Crippen LogP contribution in [0.3, 0.4) is 0 Å². The Morgan fingerprint density at radius 1 is 1.21 bits per heavy atom. The maximum absolute atomic E-state index is 13.1. The van der Waals surface area contributed by atoms with Crippen LogP contribution in [0, 0.1) is 0 Å². The number of benzene rings is 1. The van der Waals surface area contributed by atoms with Crippen molar-refractivity contribution in [3.8, 4) is 5.69 Å². The van der Waals surface area contributed by atoms with E-state index in [-0.39, 0.29) is 18.4 Å². The summed E-state index contributed by atoms with van der Waals surface area (Å²) in [5, 5.41) is 3.79. The first-order valence-electron chi connectivity index (χ1n) is 5.67. The predicted octanol–water partition coefficient (Wildman–Crippen LogP) is 3.02. The molecule has 0 N–H and O–H groups in total. The van der Waals surface area contributed by atoms with E-state index in [0.717, 1.165) is 4.68 Å². The first-order chi connectivity index (χ1) is 9.04. The second-order valence-corrected chi connectivity index (χ2v) is 3.97. The van der Waals surface area contributed by atoms with E-state index in [2.05, 4.69) is 5.10 Å². The number of nitrogens with zero attached hydrogens (tertiary/aromatic N) is 2. The molecule has 0 radical (unpaired) electrons. The Bertz CT molecular complexity index is 561. The lowest BCUT2D eigenvalue weighted by Crippen LogP contribution is -2.15. The quantitative estimate of drug-likeness (QED) is 0.799. The monoisotopic (exact) mass is 268 g/mol. The molecule has 0 amide bonds. The third kappa shape index (κ3) is 2.83. The van der Waals surface area contributed by atoms with Crippen molar-refractivity contribution >= 4 is 6.29 Å². The van der Waals surface area contributed by atoms with Gasteiger partial charge in [0, 0.05) is 12.0 Å². The second kappa shape index (κ2) is 5.26. The average molecular weight is 268 g/mol. The maximum atomic E-state index is 13.1. The van der Waals surface area contributed by atoms with Crippen LogP contribution >= 0.6 is 0 Å². The lowest BCUT2D eigenvalue weighted by molar-refractivity contribution is -0.143. The number of hydrogen-bond donors (Lipinski definition) is 0. The van der Waals surface area contributed by atoms with Crippen molar-refractivity contribution in [2.45, 2.75) is 19.0 Å². The summed E-state index contributed by atoms with van der Waals surface area (Å²) in [6, 6.07) is 8.09. The van der Waals surface area contributed by atoms with Crippen LogP contribution < -0.4 is 0 Å². The normalized spacial score (nSPS) is 11.5. The third-order valence-corrected chi connectivity index (χ3v) is 2.65. The lowest BCUT2D eigenvalue weighted by Gasteiger charge is -2.12. The van der Waals surface area contributed by atoms with E-state index in [4.69, 9.17) is 0 Å². The Hall–Kier alpha value is -2.11. The molecule has 0 atom stereocenters. The molecular weight excluding hydrogens is 257 g/mol. The minimum absolute atomic E-state index is 0.0310. The zero-order valence-corrected chi connectivity index (χ0v) is 9.89. The van der Waals surface area contributed by atoms with E-state index < -0.39 is 11.9 Å². The molecule has 2 aromatic rings. The summed E-state index contributed by atoms with van der Waals surface area (Å²) in [5.41, 5.74) is -0.448. The molecule has 0 aliphatic heterocycles. The number of aldehydes is 1. The SMILES string of the molecule is O=CCCc1cnn(-c2ccccc2)c1C(F)(F)F. The number of para-hydroxylation sites is 1. The van der Waals surface area contributed by atoms with Crippen LogP contribution in [0.25, 0.3) is 5.69 Å². The Morgan fingerprint density at radius 3 is 2.47 bits per heavy atom.